The van der Waals surface area contributed by atoms with Gasteiger partial charge in [0.2, 0.25) is 5.91 Å². The number of carbonyl (C=O) groups is 1. The van der Waals surface area contributed by atoms with E-state index < -0.39 is 0 Å². The van der Waals surface area contributed by atoms with Gasteiger partial charge in [-0.1, -0.05) is 6.07 Å². The average molecular weight is 302 g/mol. The third-order valence-corrected chi connectivity index (χ3v) is 3.53. The molecule has 2 heterocycles. The fraction of sp³-hybridized carbons (Fsp3) is 0.400. The Hall–Kier alpha value is -2.57. The maximum atomic E-state index is 12.0. The van der Waals surface area contributed by atoms with Crippen molar-refractivity contribution in [2.45, 2.75) is 19.4 Å². The summed E-state index contributed by atoms with van der Waals surface area (Å²) in [5.41, 5.74) is 1.10. The zero-order valence-corrected chi connectivity index (χ0v) is 12.4. The summed E-state index contributed by atoms with van der Waals surface area (Å²) in [7, 11) is 0. The topological polar surface area (TPSA) is 78.3 Å². The summed E-state index contributed by atoms with van der Waals surface area (Å²) in [6.45, 7) is 3.50. The summed E-state index contributed by atoms with van der Waals surface area (Å²) < 4.78 is 12.6. The first kappa shape index (κ1) is 14.4. The van der Waals surface area contributed by atoms with Crippen LogP contribution in [-0.2, 0) is 11.2 Å². The molecule has 1 aromatic carbocycles. The number of nitrogens with zero attached hydrogens (tertiary/aromatic N) is 3. The molecule has 22 heavy (non-hydrogen) atoms. The van der Waals surface area contributed by atoms with Crippen LogP contribution in [0.15, 0.2) is 30.9 Å². The van der Waals surface area contributed by atoms with Crippen molar-refractivity contribution in [3.63, 3.8) is 0 Å². The Labute approximate surface area is 128 Å². The van der Waals surface area contributed by atoms with E-state index in [2.05, 4.69) is 15.4 Å². The van der Waals surface area contributed by atoms with Crippen LogP contribution in [0.5, 0.6) is 11.5 Å². The Bertz CT molecular complexity index is 642. The summed E-state index contributed by atoms with van der Waals surface area (Å²) in [6.07, 6.45) is 3.68. The second-order valence-electron chi connectivity index (χ2n) is 5.07. The monoisotopic (exact) mass is 302 g/mol. The molecule has 0 fully saturated rings. The van der Waals surface area contributed by atoms with Crippen LogP contribution >= 0.6 is 0 Å². The summed E-state index contributed by atoms with van der Waals surface area (Å²) in [5.74, 6) is 1.47. The maximum absolute atomic E-state index is 12.0. The highest BCUT2D eigenvalue weighted by atomic mass is 16.6. The van der Waals surface area contributed by atoms with Crippen LogP contribution in [0.1, 0.15) is 18.5 Å². The van der Waals surface area contributed by atoms with Crippen molar-refractivity contribution in [3.8, 4) is 11.5 Å². The van der Waals surface area contributed by atoms with Crippen molar-refractivity contribution >= 4 is 5.91 Å². The van der Waals surface area contributed by atoms with Gasteiger partial charge in [0.05, 0.1) is 0 Å². The predicted octanol–water partition coefficient (Wildman–Crippen LogP) is 0.969. The van der Waals surface area contributed by atoms with Crippen LogP contribution in [0.4, 0.5) is 0 Å². The maximum Gasteiger partial charge on any atom is 0.244 e. The van der Waals surface area contributed by atoms with Crippen LogP contribution in [0, 0.1) is 0 Å². The molecule has 0 saturated heterocycles. The van der Waals surface area contributed by atoms with Gasteiger partial charge < -0.3 is 14.8 Å². The van der Waals surface area contributed by atoms with Gasteiger partial charge >= 0.3 is 0 Å². The van der Waals surface area contributed by atoms with Gasteiger partial charge in [0, 0.05) is 6.54 Å². The number of aromatic nitrogens is 3. The van der Waals surface area contributed by atoms with E-state index in [-0.39, 0.29) is 11.9 Å². The molecule has 3 rings (SSSR count). The number of hydrogen-bond acceptors (Lipinski definition) is 5. The van der Waals surface area contributed by atoms with Gasteiger partial charge in [-0.15, -0.1) is 0 Å². The number of amides is 1. The number of hydrogen-bond donors (Lipinski definition) is 1. The Morgan fingerprint density at radius 3 is 2.95 bits per heavy atom. The van der Waals surface area contributed by atoms with Crippen molar-refractivity contribution in [2.75, 3.05) is 19.8 Å². The summed E-state index contributed by atoms with van der Waals surface area (Å²) >= 11 is 0. The average Bonchev–Trinajstić information content (AvgIpc) is 3.08. The fourth-order valence-corrected chi connectivity index (χ4v) is 2.26. The Balaban J connectivity index is 1.51. The van der Waals surface area contributed by atoms with Gasteiger partial charge in [0.25, 0.3) is 0 Å². The molecule has 0 radical (unpaired) electrons. The number of nitrogens with one attached hydrogen (secondary N) is 1. The zero-order chi connectivity index (χ0) is 15.4. The third kappa shape index (κ3) is 3.19. The van der Waals surface area contributed by atoms with Crippen molar-refractivity contribution in [3.05, 3.63) is 36.4 Å². The fourth-order valence-electron chi connectivity index (χ4n) is 2.26. The van der Waals surface area contributed by atoms with E-state index in [1.54, 1.807) is 6.92 Å². The van der Waals surface area contributed by atoms with E-state index in [1.165, 1.54) is 17.3 Å². The van der Waals surface area contributed by atoms with E-state index in [9.17, 15) is 4.79 Å². The van der Waals surface area contributed by atoms with Crippen LogP contribution < -0.4 is 14.8 Å². The van der Waals surface area contributed by atoms with E-state index in [1.807, 2.05) is 18.2 Å². The minimum absolute atomic E-state index is 0.0805. The van der Waals surface area contributed by atoms with E-state index in [0.29, 0.717) is 19.8 Å². The van der Waals surface area contributed by atoms with Crippen LogP contribution in [-0.4, -0.2) is 40.4 Å². The molecule has 1 aromatic heterocycles. The lowest BCUT2D eigenvalue weighted by atomic mass is 10.1. The quantitative estimate of drug-likeness (QED) is 0.890. The van der Waals surface area contributed by atoms with Gasteiger partial charge in [0.1, 0.15) is 31.9 Å². The molecular formula is C15H18N4O3. The number of rotatable bonds is 5. The molecule has 0 unspecified atom stereocenters. The molecule has 1 atom stereocenters. The standard InChI is InChI=1S/C15H18N4O3/c1-11(19-10-16-9-18-19)15(20)17-5-4-12-2-3-13-14(8-12)22-7-6-21-13/h2-3,8-11H,4-7H2,1H3,(H,17,20)/t11-/m0/s1. The molecular weight excluding hydrogens is 284 g/mol. The van der Waals surface area contributed by atoms with Gasteiger partial charge in [-0.25, -0.2) is 9.67 Å². The molecule has 1 N–H and O–H groups in total. The normalized spacial score (nSPS) is 14.4. The molecule has 0 aliphatic carbocycles. The smallest absolute Gasteiger partial charge is 0.244 e. The lowest BCUT2D eigenvalue weighted by Gasteiger charge is -2.19. The molecule has 0 saturated carbocycles. The van der Waals surface area contributed by atoms with Gasteiger partial charge in [-0.05, 0) is 31.0 Å². The summed E-state index contributed by atoms with van der Waals surface area (Å²) in [5, 5.41) is 6.87. The summed E-state index contributed by atoms with van der Waals surface area (Å²) in [6, 6.07) is 5.48. The first-order chi connectivity index (χ1) is 10.7. The van der Waals surface area contributed by atoms with E-state index in [0.717, 1.165) is 23.5 Å². The zero-order valence-electron chi connectivity index (χ0n) is 12.4. The highest BCUT2D eigenvalue weighted by Crippen LogP contribution is 2.30. The summed E-state index contributed by atoms with van der Waals surface area (Å²) in [4.78, 5) is 15.9. The third-order valence-electron chi connectivity index (χ3n) is 3.53. The number of benzene rings is 1. The molecule has 1 aliphatic heterocycles. The Kier molecular flexibility index (Phi) is 4.22. The second-order valence-corrected chi connectivity index (χ2v) is 5.07. The molecule has 1 aliphatic rings. The lowest BCUT2D eigenvalue weighted by molar-refractivity contribution is -0.124. The number of ether oxygens (including phenoxy) is 2. The second kappa shape index (κ2) is 6.46. The first-order valence-corrected chi connectivity index (χ1v) is 7.24. The van der Waals surface area contributed by atoms with Gasteiger partial charge in [-0.3, -0.25) is 4.79 Å². The van der Waals surface area contributed by atoms with Gasteiger partial charge in [-0.2, -0.15) is 5.10 Å². The highest BCUT2D eigenvalue weighted by molar-refractivity contribution is 5.79. The van der Waals surface area contributed by atoms with Crippen LogP contribution in [0.3, 0.4) is 0 Å². The molecule has 2 aromatic rings. The number of carbonyl (C=O) groups excluding carboxylic acids is 1. The number of fused-ring (bicyclic) bond motifs is 1. The largest absolute Gasteiger partial charge is 0.486 e. The molecule has 0 bridgehead atoms. The van der Waals surface area contributed by atoms with Crippen LogP contribution in [0.25, 0.3) is 0 Å². The Morgan fingerprint density at radius 1 is 1.36 bits per heavy atom. The van der Waals surface area contributed by atoms with E-state index in [4.69, 9.17) is 9.47 Å². The SMILES string of the molecule is C[C@@H](C(=O)NCCc1ccc2c(c1)OCCO2)n1cncn1. The molecule has 116 valence electrons. The predicted molar refractivity (Wildman–Crippen MR) is 78.9 cm³/mol. The minimum Gasteiger partial charge on any atom is -0.486 e. The molecule has 7 heteroatoms. The van der Waals surface area contributed by atoms with Gasteiger partial charge in [0.15, 0.2) is 11.5 Å². The lowest BCUT2D eigenvalue weighted by Crippen LogP contribution is -2.32. The molecule has 1 amide bonds. The van der Waals surface area contributed by atoms with Crippen molar-refractivity contribution in [1.82, 2.24) is 20.1 Å². The van der Waals surface area contributed by atoms with Crippen molar-refractivity contribution in [2.24, 2.45) is 0 Å². The highest BCUT2D eigenvalue weighted by Gasteiger charge is 2.15. The Morgan fingerprint density at radius 2 is 2.18 bits per heavy atom. The molecule has 0 spiro atoms. The van der Waals surface area contributed by atoms with Crippen molar-refractivity contribution < 1.29 is 14.3 Å². The van der Waals surface area contributed by atoms with Crippen LogP contribution in [0.2, 0.25) is 0 Å². The van der Waals surface area contributed by atoms with Crippen molar-refractivity contribution in [1.29, 1.82) is 0 Å². The minimum atomic E-state index is -0.372. The van der Waals surface area contributed by atoms with E-state index >= 15 is 0 Å². The first-order valence-electron chi connectivity index (χ1n) is 7.24. The molecule has 7 nitrogen and oxygen atoms in total.